The molecule has 0 heterocycles. The molecule has 6 heteroatoms. The summed E-state index contributed by atoms with van der Waals surface area (Å²) in [6, 6.07) is 2.91. The van der Waals surface area contributed by atoms with Crippen molar-refractivity contribution in [3.8, 4) is 11.5 Å². The van der Waals surface area contributed by atoms with Gasteiger partial charge in [0.1, 0.15) is 23.1 Å². The standard InChI is InChI=1S/C12H13NO5/c14-7-2-1-3-8(15)9(7)11(16)13-10(12(17)18)6-4-5-6/h1-3,6,10,14-15H,4-5H2,(H,13,16)(H,17,18). The summed E-state index contributed by atoms with van der Waals surface area (Å²) in [5.74, 6) is -2.73. The van der Waals surface area contributed by atoms with Gasteiger partial charge in [-0.05, 0) is 30.9 Å². The molecule has 1 saturated carbocycles. The van der Waals surface area contributed by atoms with E-state index in [2.05, 4.69) is 5.32 Å². The van der Waals surface area contributed by atoms with Gasteiger partial charge in [0, 0.05) is 0 Å². The Balaban J connectivity index is 2.18. The predicted molar refractivity (Wildman–Crippen MR) is 61.4 cm³/mol. The smallest absolute Gasteiger partial charge is 0.326 e. The van der Waals surface area contributed by atoms with Crippen molar-refractivity contribution in [2.24, 2.45) is 5.92 Å². The normalized spacial score (nSPS) is 16.0. The molecule has 1 amide bonds. The maximum absolute atomic E-state index is 11.8. The molecular weight excluding hydrogens is 238 g/mol. The van der Waals surface area contributed by atoms with Crippen LogP contribution in [0.3, 0.4) is 0 Å². The number of carbonyl (C=O) groups is 2. The van der Waals surface area contributed by atoms with Crippen LogP contribution in [0, 0.1) is 5.92 Å². The van der Waals surface area contributed by atoms with Crippen LogP contribution in [0.5, 0.6) is 11.5 Å². The third-order valence-electron chi connectivity index (χ3n) is 2.89. The first-order valence-electron chi connectivity index (χ1n) is 5.55. The minimum Gasteiger partial charge on any atom is -0.507 e. The number of carboxylic acids is 1. The maximum atomic E-state index is 11.8. The SMILES string of the molecule is O=C(NC(C(=O)O)C1CC1)c1c(O)cccc1O. The Morgan fingerprint density at radius 2 is 1.78 bits per heavy atom. The van der Waals surface area contributed by atoms with Crippen LogP contribution in [0.25, 0.3) is 0 Å². The van der Waals surface area contributed by atoms with Gasteiger partial charge in [0.25, 0.3) is 5.91 Å². The van der Waals surface area contributed by atoms with Crippen molar-refractivity contribution in [2.75, 3.05) is 0 Å². The van der Waals surface area contributed by atoms with E-state index >= 15 is 0 Å². The zero-order valence-corrected chi connectivity index (χ0v) is 9.46. The topological polar surface area (TPSA) is 107 Å². The Hall–Kier alpha value is -2.24. The number of benzene rings is 1. The van der Waals surface area contributed by atoms with E-state index in [9.17, 15) is 19.8 Å². The first-order chi connectivity index (χ1) is 8.50. The number of aromatic hydroxyl groups is 2. The van der Waals surface area contributed by atoms with E-state index < -0.39 is 17.9 Å². The maximum Gasteiger partial charge on any atom is 0.326 e. The second-order valence-corrected chi connectivity index (χ2v) is 4.30. The number of hydrogen-bond acceptors (Lipinski definition) is 4. The summed E-state index contributed by atoms with van der Waals surface area (Å²) < 4.78 is 0. The molecule has 18 heavy (non-hydrogen) atoms. The highest BCUT2D eigenvalue weighted by atomic mass is 16.4. The molecule has 1 aliphatic rings. The van der Waals surface area contributed by atoms with Gasteiger partial charge in [-0.15, -0.1) is 0 Å². The van der Waals surface area contributed by atoms with Gasteiger partial charge in [0.2, 0.25) is 0 Å². The number of aliphatic carboxylic acids is 1. The van der Waals surface area contributed by atoms with Crippen LogP contribution in [0.2, 0.25) is 0 Å². The molecule has 2 rings (SSSR count). The summed E-state index contributed by atoms with van der Waals surface area (Å²) in [4.78, 5) is 22.8. The van der Waals surface area contributed by atoms with E-state index in [0.29, 0.717) is 0 Å². The number of phenols is 2. The number of nitrogens with one attached hydrogen (secondary N) is 1. The summed E-state index contributed by atoms with van der Waals surface area (Å²) in [6.07, 6.45) is 1.51. The molecule has 0 bridgehead atoms. The fourth-order valence-corrected chi connectivity index (χ4v) is 1.79. The number of phenolic OH excluding ortho intramolecular Hbond substituents is 2. The molecule has 0 aromatic heterocycles. The van der Waals surface area contributed by atoms with E-state index in [0.717, 1.165) is 12.8 Å². The highest BCUT2D eigenvalue weighted by molar-refractivity contribution is 6.01. The molecule has 0 radical (unpaired) electrons. The lowest BCUT2D eigenvalue weighted by Crippen LogP contribution is -2.42. The highest BCUT2D eigenvalue weighted by Crippen LogP contribution is 2.33. The van der Waals surface area contributed by atoms with Crippen LogP contribution >= 0.6 is 0 Å². The zero-order valence-electron chi connectivity index (χ0n) is 9.46. The van der Waals surface area contributed by atoms with Gasteiger partial charge in [-0.2, -0.15) is 0 Å². The first kappa shape index (κ1) is 12.2. The van der Waals surface area contributed by atoms with Gasteiger partial charge in [-0.25, -0.2) is 4.79 Å². The number of amides is 1. The van der Waals surface area contributed by atoms with Crippen LogP contribution in [-0.2, 0) is 4.79 Å². The highest BCUT2D eigenvalue weighted by Gasteiger charge is 2.38. The Morgan fingerprint density at radius 1 is 1.22 bits per heavy atom. The van der Waals surface area contributed by atoms with Crippen molar-refractivity contribution < 1.29 is 24.9 Å². The summed E-state index contributed by atoms with van der Waals surface area (Å²) in [5.41, 5.74) is -0.301. The van der Waals surface area contributed by atoms with E-state index in [1.165, 1.54) is 18.2 Å². The third kappa shape index (κ3) is 2.37. The molecule has 1 aliphatic carbocycles. The van der Waals surface area contributed by atoms with Crippen LogP contribution in [-0.4, -0.2) is 33.2 Å². The van der Waals surface area contributed by atoms with Crippen LogP contribution in [0.15, 0.2) is 18.2 Å². The minimum absolute atomic E-state index is 0.0700. The average Bonchev–Trinajstić information content (AvgIpc) is 3.09. The van der Waals surface area contributed by atoms with Gasteiger partial charge in [-0.3, -0.25) is 4.79 Å². The molecule has 96 valence electrons. The van der Waals surface area contributed by atoms with Crippen molar-refractivity contribution in [2.45, 2.75) is 18.9 Å². The fraction of sp³-hybridized carbons (Fsp3) is 0.333. The molecular formula is C12H13NO5. The van der Waals surface area contributed by atoms with Gasteiger partial charge in [0.15, 0.2) is 0 Å². The molecule has 1 aromatic rings. The van der Waals surface area contributed by atoms with Crippen LogP contribution < -0.4 is 5.32 Å². The molecule has 4 N–H and O–H groups in total. The molecule has 6 nitrogen and oxygen atoms in total. The number of rotatable bonds is 4. The second kappa shape index (κ2) is 4.56. The Kier molecular flexibility index (Phi) is 3.10. The first-order valence-corrected chi connectivity index (χ1v) is 5.55. The molecule has 1 aromatic carbocycles. The molecule has 1 unspecified atom stereocenters. The zero-order chi connectivity index (χ0) is 13.3. The lowest BCUT2D eigenvalue weighted by molar-refractivity contribution is -0.139. The molecule has 0 spiro atoms. The molecule has 1 atom stereocenters. The monoisotopic (exact) mass is 251 g/mol. The molecule has 0 aliphatic heterocycles. The van der Waals surface area contributed by atoms with Crippen molar-refractivity contribution in [3.05, 3.63) is 23.8 Å². The fourth-order valence-electron chi connectivity index (χ4n) is 1.79. The van der Waals surface area contributed by atoms with Gasteiger partial charge in [-0.1, -0.05) is 6.07 Å². The van der Waals surface area contributed by atoms with E-state index in [-0.39, 0.29) is 23.0 Å². The second-order valence-electron chi connectivity index (χ2n) is 4.30. The summed E-state index contributed by atoms with van der Waals surface area (Å²) >= 11 is 0. The number of hydrogen-bond donors (Lipinski definition) is 4. The van der Waals surface area contributed by atoms with E-state index in [4.69, 9.17) is 5.11 Å². The Labute approximate surface area is 103 Å². The third-order valence-corrected chi connectivity index (χ3v) is 2.89. The average molecular weight is 251 g/mol. The van der Waals surface area contributed by atoms with Crippen molar-refractivity contribution in [3.63, 3.8) is 0 Å². The largest absolute Gasteiger partial charge is 0.507 e. The summed E-state index contributed by atoms with van der Waals surface area (Å²) in [5, 5.41) is 30.3. The summed E-state index contributed by atoms with van der Waals surface area (Å²) in [6.45, 7) is 0. The minimum atomic E-state index is -1.11. The van der Waals surface area contributed by atoms with E-state index in [1.807, 2.05) is 0 Å². The van der Waals surface area contributed by atoms with Gasteiger partial charge < -0.3 is 20.6 Å². The lowest BCUT2D eigenvalue weighted by atomic mass is 10.1. The number of carboxylic acid groups (broad SMARTS) is 1. The Morgan fingerprint density at radius 3 is 2.22 bits per heavy atom. The number of carbonyl (C=O) groups excluding carboxylic acids is 1. The molecule has 0 saturated heterocycles. The van der Waals surface area contributed by atoms with Gasteiger partial charge in [0.05, 0.1) is 0 Å². The Bertz CT molecular complexity index is 475. The van der Waals surface area contributed by atoms with Crippen molar-refractivity contribution in [1.82, 2.24) is 5.32 Å². The van der Waals surface area contributed by atoms with Crippen LogP contribution in [0.1, 0.15) is 23.2 Å². The lowest BCUT2D eigenvalue weighted by Gasteiger charge is -2.14. The van der Waals surface area contributed by atoms with Gasteiger partial charge >= 0.3 is 5.97 Å². The quantitative estimate of drug-likeness (QED) is 0.630. The van der Waals surface area contributed by atoms with Crippen molar-refractivity contribution >= 4 is 11.9 Å². The van der Waals surface area contributed by atoms with Crippen LogP contribution in [0.4, 0.5) is 0 Å². The van der Waals surface area contributed by atoms with E-state index in [1.54, 1.807) is 0 Å². The van der Waals surface area contributed by atoms with Crippen molar-refractivity contribution in [1.29, 1.82) is 0 Å². The predicted octanol–water partition coefficient (Wildman–Crippen LogP) is 0.691. The molecule has 1 fully saturated rings. The summed E-state index contributed by atoms with van der Waals surface area (Å²) in [7, 11) is 0.